The third kappa shape index (κ3) is 4.31. The number of piperidine rings is 1. The minimum absolute atomic E-state index is 0. The molecule has 1 amide bonds. The number of anilines is 1. The molecule has 1 unspecified atom stereocenters. The van der Waals surface area contributed by atoms with Gasteiger partial charge in [0, 0.05) is 31.2 Å². The van der Waals surface area contributed by atoms with Gasteiger partial charge in [-0.25, -0.2) is 8.42 Å². The maximum Gasteiger partial charge on any atom is 0.243 e. The summed E-state index contributed by atoms with van der Waals surface area (Å²) in [4.78, 5) is 14.0. The summed E-state index contributed by atoms with van der Waals surface area (Å²) in [5.41, 5.74) is 1.78. The summed E-state index contributed by atoms with van der Waals surface area (Å²) < 4.78 is 28.4. The van der Waals surface area contributed by atoms with E-state index in [0.29, 0.717) is 17.9 Å². The number of hydrogen-bond donors (Lipinski definition) is 1. The molecular weight excluding hydrogens is 386 g/mol. The summed E-state index contributed by atoms with van der Waals surface area (Å²) in [6.07, 6.45) is 3.18. The zero-order valence-electron chi connectivity index (χ0n) is 16.3. The van der Waals surface area contributed by atoms with Gasteiger partial charge < -0.3 is 10.2 Å². The Hall–Kier alpha value is -1.15. The highest BCUT2D eigenvalue weighted by atomic mass is 35.5. The zero-order chi connectivity index (χ0) is 18.9. The Labute approximate surface area is 168 Å². The second-order valence-corrected chi connectivity index (χ2v) is 9.22. The van der Waals surface area contributed by atoms with Gasteiger partial charge in [-0.3, -0.25) is 4.79 Å². The van der Waals surface area contributed by atoms with Crippen LogP contribution in [-0.2, 0) is 21.2 Å². The first kappa shape index (κ1) is 22.1. The van der Waals surface area contributed by atoms with Gasteiger partial charge in [-0.1, -0.05) is 6.92 Å². The number of nitrogens with zero attached hydrogens (tertiary/aromatic N) is 2. The zero-order valence-corrected chi connectivity index (χ0v) is 17.9. The largest absolute Gasteiger partial charge is 0.317 e. The molecule has 8 heteroatoms. The van der Waals surface area contributed by atoms with Crippen LogP contribution in [0.5, 0.6) is 0 Å². The van der Waals surface area contributed by atoms with Crippen LogP contribution < -0.4 is 10.2 Å². The highest BCUT2D eigenvalue weighted by Crippen LogP contribution is 2.35. The number of sulfonamides is 1. The Kier molecular flexibility index (Phi) is 7.30. The van der Waals surface area contributed by atoms with Crippen molar-refractivity contribution in [1.29, 1.82) is 0 Å². The Morgan fingerprint density at radius 1 is 1.30 bits per heavy atom. The number of rotatable bonds is 5. The fourth-order valence-electron chi connectivity index (χ4n) is 4.20. The van der Waals surface area contributed by atoms with Crippen molar-refractivity contribution in [1.82, 2.24) is 9.62 Å². The summed E-state index contributed by atoms with van der Waals surface area (Å²) in [7, 11) is -3.54. The summed E-state index contributed by atoms with van der Waals surface area (Å²) in [6, 6.07) is 5.35. The number of carbonyl (C=O) groups is 1. The first-order chi connectivity index (χ1) is 12.4. The van der Waals surface area contributed by atoms with Crippen LogP contribution in [0.15, 0.2) is 23.1 Å². The Balaban J connectivity index is 0.00000261. The molecule has 2 heterocycles. The van der Waals surface area contributed by atoms with Crippen molar-refractivity contribution in [2.45, 2.75) is 63.4 Å². The Morgan fingerprint density at radius 3 is 2.56 bits per heavy atom. The fourth-order valence-corrected chi connectivity index (χ4v) is 6.03. The maximum atomic E-state index is 13.3. The number of fused-ring (bicyclic) bond motifs is 1. The molecule has 1 saturated heterocycles. The second kappa shape index (κ2) is 8.90. The van der Waals surface area contributed by atoms with Gasteiger partial charge >= 0.3 is 0 Å². The molecule has 2 aliphatic rings. The van der Waals surface area contributed by atoms with Gasteiger partial charge in [0.05, 0.1) is 4.90 Å². The summed E-state index contributed by atoms with van der Waals surface area (Å²) in [5, 5.41) is 3.30. The summed E-state index contributed by atoms with van der Waals surface area (Å²) >= 11 is 0. The molecule has 3 rings (SSSR count). The molecular formula is C19H30ClN3O3S. The molecule has 2 aliphatic heterocycles. The van der Waals surface area contributed by atoms with E-state index in [0.717, 1.165) is 43.6 Å². The first-order valence-electron chi connectivity index (χ1n) is 9.51. The van der Waals surface area contributed by atoms with E-state index in [9.17, 15) is 13.2 Å². The Bertz CT molecular complexity index is 778. The molecule has 6 nitrogen and oxygen atoms in total. The number of benzene rings is 1. The lowest BCUT2D eigenvalue weighted by Gasteiger charge is -2.33. The van der Waals surface area contributed by atoms with E-state index < -0.39 is 10.0 Å². The average Bonchev–Trinajstić information content (AvgIpc) is 2.95. The van der Waals surface area contributed by atoms with Crippen LogP contribution in [0.1, 0.15) is 45.6 Å². The molecule has 1 aromatic rings. The molecule has 27 heavy (non-hydrogen) atoms. The van der Waals surface area contributed by atoms with Crippen molar-refractivity contribution in [3.8, 4) is 0 Å². The summed E-state index contributed by atoms with van der Waals surface area (Å²) in [6.45, 7) is 7.81. The van der Waals surface area contributed by atoms with Crippen molar-refractivity contribution in [2.75, 3.05) is 24.5 Å². The van der Waals surface area contributed by atoms with Crippen LogP contribution in [0.3, 0.4) is 0 Å². The topological polar surface area (TPSA) is 69.7 Å². The second-order valence-electron chi connectivity index (χ2n) is 7.33. The average molecular weight is 416 g/mol. The van der Waals surface area contributed by atoms with Gasteiger partial charge in [-0.2, -0.15) is 4.31 Å². The predicted octanol–water partition coefficient (Wildman–Crippen LogP) is 2.56. The SMILES string of the molecule is CCCN(C1CCNCC1)S(=O)(=O)c1ccc2c(c1)CC(C)N2C(C)=O.Cl. The quantitative estimate of drug-likeness (QED) is 0.802. The van der Waals surface area contributed by atoms with E-state index in [4.69, 9.17) is 0 Å². The normalized spacial score (nSPS) is 20.4. The molecule has 1 N–H and O–H groups in total. The lowest BCUT2D eigenvalue weighted by molar-refractivity contribution is -0.116. The van der Waals surface area contributed by atoms with Gasteiger partial charge in [0.25, 0.3) is 0 Å². The van der Waals surface area contributed by atoms with Crippen LogP contribution in [0, 0.1) is 0 Å². The molecule has 0 saturated carbocycles. The van der Waals surface area contributed by atoms with Crippen LogP contribution in [0.2, 0.25) is 0 Å². The van der Waals surface area contributed by atoms with E-state index in [1.165, 1.54) is 0 Å². The van der Waals surface area contributed by atoms with Crippen molar-refractivity contribution in [3.63, 3.8) is 0 Å². The highest BCUT2D eigenvalue weighted by molar-refractivity contribution is 7.89. The van der Waals surface area contributed by atoms with Crippen LogP contribution in [0.25, 0.3) is 0 Å². The minimum atomic E-state index is -3.54. The van der Waals surface area contributed by atoms with Crippen LogP contribution in [0.4, 0.5) is 5.69 Å². The Morgan fingerprint density at radius 2 is 1.96 bits per heavy atom. The molecule has 152 valence electrons. The molecule has 1 fully saturated rings. The number of carbonyl (C=O) groups excluding carboxylic acids is 1. The van der Waals surface area contributed by atoms with Crippen molar-refractivity contribution >= 4 is 34.0 Å². The number of halogens is 1. The maximum absolute atomic E-state index is 13.3. The molecule has 0 aliphatic carbocycles. The van der Waals surface area contributed by atoms with Crippen LogP contribution >= 0.6 is 12.4 Å². The smallest absolute Gasteiger partial charge is 0.243 e. The van der Waals surface area contributed by atoms with E-state index in [1.807, 2.05) is 13.8 Å². The lowest BCUT2D eigenvalue weighted by Crippen LogP contribution is -2.46. The number of nitrogens with one attached hydrogen (secondary N) is 1. The molecule has 0 radical (unpaired) electrons. The van der Waals surface area contributed by atoms with Gasteiger partial charge in [0.15, 0.2) is 0 Å². The minimum Gasteiger partial charge on any atom is -0.317 e. The third-order valence-corrected chi connectivity index (χ3v) is 7.32. The predicted molar refractivity (Wildman–Crippen MR) is 110 cm³/mol. The van der Waals surface area contributed by atoms with E-state index in [-0.39, 0.29) is 30.4 Å². The first-order valence-corrected chi connectivity index (χ1v) is 11.0. The van der Waals surface area contributed by atoms with Crippen LogP contribution in [-0.4, -0.2) is 50.3 Å². The van der Waals surface area contributed by atoms with Crippen molar-refractivity contribution in [3.05, 3.63) is 23.8 Å². The van der Waals surface area contributed by atoms with Crippen molar-refractivity contribution in [2.24, 2.45) is 0 Å². The summed E-state index contributed by atoms with van der Waals surface area (Å²) in [5.74, 6) is -0.00540. The molecule has 1 atom stereocenters. The fraction of sp³-hybridized carbons (Fsp3) is 0.632. The standard InChI is InChI=1S/C19H29N3O3S.ClH/c1-4-11-21(17-7-9-20-10-8-17)26(24,25)18-5-6-19-16(13-18)12-14(2)22(19)15(3)23;/h5-6,13-14,17,20H,4,7-12H2,1-3H3;1H. The monoisotopic (exact) mass is 415 g/mol. The van der Waals surface area contributed by atoms with Gasteiger partial charge in [-0.05, 0) is 69.5 Å². The molecule has 0 spiro atoms. The lowest BCUT2D eigenvalue weighted by atomic mass is 10.1. The van der Waals surface area contributed by atoms with E-state index >= 15 is 0 Å². The van der Waals surface area contributed by atoms with E-state index in [1.54, 1.807) is 34.3 Å². The number of hydrogen-bond acceptors (Lipinski definition) is 4. The van der Waals surface area contributed by atoms with E-state index in [2.05, 4.69) is 5.32 Å². The highest BCUT2D eigenvalue weighted by Gasteiger charge is 2.34. The van der Waals surface area contributed by atoms with Gasteiger partial charge in [0.2, 0.25) is 15.9 Å². The number of amides is 1. The third-order valence-electron chi connectivity index (χ3n) is 5.37. The molecule has 1 aromatic carbocycles. The molecule has 0 aromatic heterocycles. The van der Waals surface area contributed by atoms with Gasteiger partial charge in [0.1, 0.15) is 0 Å². The van der Waals surface area contributed by atoms with Crippen molar-refractivity contribution < 1.29 is 13.2 Å². The van der Waals surface area contributed by atoms with Gasteiger partial charge in [-0.15, -0.1) is 12.4 Å². The molecule has 0 bridgehead atoms.